The molecule has 0 bridgehead atoms. The van der Waals surface area contributed by atoms with Crippen molar-refractivity contribution >= 4 is 22.9 Å². The van der Waals surface area contributed by atoms with E-state index in [1.165, 1.54) is 11.3 Å². The van der Waals surface area contributed by atoms with Crippen molar-refractivity contribution in [1.29, 1.82) is 0 Å². The third-order valence-electron chi connectivity index (χ3n) is 3.05. The van der Waals surface area contributed by atoms with Crippen molar-refractivity contribution in [3.63, 3.8) is 0 Å². The summed E-state index contributed by atoms with van der Waals surface area (Å²) in [7, 11) is 0. The van der Waals surface area contributed by atoms with Crippen LogP contribution in [0.15, 0.2) is 35.7 Å². The lowest BCUT2D eigenvalue weighted by Gasteiger charge is -2.09. The zero-order chi connectivity index (χ0) is 15.1. The summed E-state index contributed by atoms with van der Waals surface area (Å²) >= 11 is 1.40. The maximum absolute atomic E-state index is 11.4. The summed E-state index contributed by atoms with van der Waals surface area (Å²) in [6.45, 7) is 3.34. The number of nitrogens with two attached hydrogens (primary N) is 1. The minimum Gasteiger partial charge on any atom is -0.492 e. The molecule has 2 rings (SSSR count). The number of rotatable bonds is 8. The van der Waals surface area contributed by atoms with Crippen molar-refractivity contribution in [2.75, 3.05) is 18.5 Å². The highest BCUT2D eigenvalue weighted by atomic mass is 32.1. The van der Waals surface area contributed by atoms with Crippen molar-refractivity contribution in [3.8, 4) is 5.75 Å². The SMILES string of the molecule is CCCc1c(NCCOc2ccccc2)csc1C(N)=O. The minimum atomic E-state index is -0.350. The van der Waals surface area contributed by atoms with Gasteiger partial charge in [-0.15, -0.1) is 11.3 Å². The Kier molecular flexibility index (Phi) is 5.63. The number of anilines is 1. The molecule has 0 unspecified atom stereocenters. The van der Waals surface area contributed by atoms with Crippen LogP contribution >= 0.6 is 11.3 Å². The zero-order valence-electron chi connectivity index (χ0n) is 12.1. The van der Waals surface area contributed by atoms with Gasteiger partial charge >= 0.3 is 0 Å². The predicted molar refractivity (Wildman–Crippen MR) is 87.3 cm³/mol. The molecule has 0 atom stereocenters. The Balaban J connectivity index is 1.89. The number of thiophene rings is 1. The molecule has 1 amide bonds. The summed E-state index contributed by atoms with van der Waals surface area (Å²) in [5.41, 5.74) is 7.42. The van der Waals surface area contributed by atoms with E-state index < -0.39 is 0 Å². The Morgan fingerprint density at radius 3 is 2.76 bits per heavy atom. The third kappa shape index (κ3) is 4.23. The fraction of sp³-hybridized carbons (Fsp3) is 0.312. The second-order valence-corrected chi connectivity index (χ2v) is 5.54. The van der Waals surface area contributed by atoms with E-state index in [-0.39, 0.29) is 5.91 Å². The van der Waals surface area contributed by atoms with Crippen LogP contribution in [0.4, 0.5) is 5.69 Å². The van der Waals surface area contributed by atoms with Gasteiger partial charge in [0, 0.05) is 17.6 Å². The van der Waals surface area contributed by atoms with Crippen LogP contribution in [0.3, 0.4) is 0 Å². The zero-order valence-corrected chi connectivity index (χ0v) is 12.9. The number of hydrogen-bond acceptors (Lipinski definition) is 4. The number of primary amides is 1. The molecule has 1 aromatic heterocycles. The highest BCUT2D eigenvalue weighted by Crippen LogP contribution is 2.28. The van der Waals surface area contributed by atoms with Crippen molar-refractivity contribution in [1.82, 2.24) is 0 Å². The van der Waals surface area contributed by atoms with Crippen molar-refractivity contribution in [2.45, 2.75) is 19.8 Å². The molecular weight excluding hydrogens is 284 g/mol. The first kappa shape index (κ1) is 15.4. The largest absolute Gasteiger partial charge is 0.492 e. The Labute approximate surface area is 128 Å². The molecule has 5 heteroatoms. The molecular formula is C16H20N2O2S. The molecule has 0 radical (unpaired) electrons. The fourth-order valence-electron chi connectivity index (χ4n) is 2.11. The maximum Gasteiger partial charge on any atom is 0.259 e. The molecule has 0 aliphatic heterocycles. The number of hydrogen-bond donors (Lipinski definition) is 2. The average Bonchev–Trinajstić information content (AvgIpc) is 2.88. The van der Waals surface area contributed by atoms with E-state index >= 15 is 0 Å². The van der Waals surface area contributed by atoms with E-state index in [0.717, 1.165) is 29.8 Å². The second-order valence-electron chi connectivity index (χ2n) is 4.66. The molecule has 0 aliphatic carbocycles. The van der Waals surface area contributed by atoms with Gasteiger partial charge in [0.2, 0.25) is 0 Å². The first-order chi connectivity index (χ1) is 10.2. The number of carbonyl (C=O) groups is 1. The van der Waals surface area contributed by atoms with Crippen LogP contribution in [-0.4, -0.2) is 19.1 Å². The Hall–Kier alpha value is -2.01. The average molecular weight is 304 g/mol. The summed E-state index contributed by atoms with van der Waals surface area (Å²) in [5.74, 6) is 0.508. The van der Waals surface area contributed by atoms with Crippen LogP contribution in [0.2, 0.25) is 0 Å². The van der Waals surface area contributed by atoms with Gasteiger partial charge in [-0.25, -0.2) is 0 Å². The van der Waals surface area contributed by atoms with Crippen molar-refractivity contribution in [3.05, 3.63) is 46.2 Å². The Morgan fingerprint density at radius 1 is 1.33 bits per heavy atom. The highest BCUT2D eigenvalue weighted by molar-refractivity contribution is 7.12. The van der Waals surface area contributed by atoms with E-state index in [4.69, 9.17) is 10.5 Å². The van der Waals surface area contributed by atoms with Crippen LogP contribution in [0.5, 0.6) is 5.75 Å². The highest BCUT2D eigenvalue weighted by Gasteiger charge is 2.14. The standard InChI is InChI=1S/C16H20N2O2S/c1-2-6-13-14(11-21-15(13)16(17)19)18-9-10-20-12-7-4-3-5-8-12/h3-5,7-8,11,18H,2,6,9-10H2,1H3,(H2,17,19). The van der Waals surface area contributed by atoms with Gasteiger partial charge < -0.3 is 15.8 Å². The van der Waals surface area contributed by atoms with Gasteiger partial charge in [-0.1, -0.05) is 31.5 Å². The van der Waals surface area contributed by atoms with E-state index in [1.807, 2.05) is 35.7 Å². The molecule has 0 fully saturated rings. The molecule has 0 saturated carbocycles. The van der Waals surface area contributed by atoms with Crippen LogP contribution in [-0.2, 0) is 6.42 Å². The van der Waals surface area contributed by atoms with Crippen LogP contribution in [0.25, 0.3) is 0 Å². The summed E-state index contributed by atoms with van der Waals surface area (Å²) in [6.07, 6.45) is 1.83. The number of benzene rings is 1. The monoisotopic (exact) mass is 304 g/mol. The van der Waals surface area contributed by atoms with Gasteiger partial charge in [-0.05, 0) is 24.1 Å². The third-order valence-corrected chi connectivity index (χ3v) is 4.08. The molecule has 112 valence electrons. The molecule has 3 N–H and O–H groups in total. The van der Waals surface area contributed by atoms with Gasteiger partial charge in [0.25, 0.3) is 5.91 Å². The number of ether oxygens (including phenoxy) is 1. The van der Waals surface area contributed by atoms with E-state index in [1.54, 1.807) is 0 Å². The fourth-order valence-corrected chi connectivity index (χ4v) is 3.04. The van der Waals surface area contributed by atoms with Crippen LogP contribution in [0, 0.1) is 0 Å². The van der Waals surface area contributed by atoms with Gasteiger partial charge in [0.15, 0.2) is 0 Å². The van der Waals surface area contributed by atoms with Crippen molar-refractivity contribution in [2.24, 2.45) is 5.73 Å². The lowest BCUT2D eigenvalue weighted by Crippen LogP contribution is -2.14. The number of carbonyl (C=O) groups excluding carboxylic acids is 1. The first-order valence-electron chi connectivity index (χ1n) is 7.04. The molecule has 0 saturated heterocycles. The number of amides is 1. The van der Waals surface area contributed by atoms with Gasteiger partial charge in [0.1, 0.15) is 12.4 Å². The van der Waals surface area contributed by atoms with Crippen LogP contribution < -0.4 is 15.8 Å². The molecule has 0 aliphatic rings. The maximum atomic E-state index is 11.4. The van der Waals surface area contributed by atoms with E-state index in [2.05, 4.69) is 12.2 Å². The number of para-hydroxylation sites is 1. The van der Waals surface area contributed by atoms with Gasteiger partial charge in [0.05, 0.1) is 4.88 Å². The lowest BCUT2D eigenvalue weighted by molar-refractivity contribution is 0.100. The summed E-state index contributed by atoms with van der Waals surface area (Å²) in [6, 6.07) is 9.70. The van der Waals surface area contributed by atoms with E-state index in [0.29, 0.717) is 18.0 Å². The minimum absolute atomic E-state index is 0.350. The Bertz CT molecular complexity index is 581. The molecule has 4 nitrogen and oxygen atoms in total. The topological polar surface area (TPSA) is 64.3 Å². The normalized spacial score (nSPS) is 10.3. The van der Waals surface area contributed by atoms with Crippen LogP contribution in [0.1, 0.15) is 28.6 Å². The lowest BCUT2D eigenvalue weighted by atomic mass is 10.1. The molecule has 2 aromatic rings. The molecule has 1 aromatic carbocycles. The molecule has 0 spiro atoms. The molecule has 1 heterocycles. The summed E-state index contributed by atoms with van der Waals surface area (Å²) < 4.78 is 5.63. The summed E-state index contributed by atoms with van der Waals surface area (Å²) in [4.78, 5) is 12.1. The smallest absolute Gasteiger partial charge is 0.259 e. The van der Waals surface area contributed by atoms with Gasteiger partial charge in [-0.2, -0.15) is 0 Å². The Morgan fingerprint density at radius 2 is 2.10 bits per heavy atom. The van der Waals surface area contributed by atoms with Gasteiger partial charge in [-0.3, -0.25) is 4.79 Å². The second kappa shape index (κ2) is 7.69. The predicted octanol–water partition coefficient (Wildman–Crippen LogP) is 3.29. The molecule has 21 heavy (non-hydrogen) atoms. The van der Waals surface area contributed by atoms with Crippen molar-refractivity contribution < 1.29 is 9.53 Å². The first-order valence-corrected chi connectivity index (χ1v) is 7.92. The number of nitrogens with one attached hydrogen (secondary N) is 1. The summed E-state index contributed by atoms with van der Waals surface area (Å²) in [5, 5.41) is 5.27. The quantitative estimate of drug-likeness (QED) is 0.736. The van der Waals surface area contributed by atoms with E-state index in [9.17, 15) is 4.79 Å².